The van der Waals surface area contributed by atoms with Gasteiger partial charge in [0.15, 0.2) is 0 Å². The van der Waals surface area contributed by atoms with Gasteiger partial charge in [0.2, 0.25) is 0 Å². The van der Waals surface area contributed by atoms with E-state index in [0.29, 0.717) is 24.0 Å². The van der Waals surface area contributed by atoms with Gasteiger partial charge in [0, 0.05) is 18.3 Å². The quantitative estimate of drug-likeness (QED) is 0.738. The first-order valence-corrected chi connectivity index (χ1v) is 8.49. The van der Waals surface area contributed by atoms with E-state index in [1.54, 1.807) is 7.11 Å². The third-order valence-electron chi connectivity index (χ3n) is 6.21. The highest BCUT2D eigenvalue weighted by atomic mass is 16.5. The highest BCUT2D eigenvalue weighted by Crippen LogP contribution is 2.58. The number of carbonyl (C=O) groups excluding carboxylic acids is 1. The minimum atomic E-state index is 0.0569. The monoisotopic (exact) mass is 304 g/mol. The van der Waals surface area contributed by atoms with Crippen LogP contribution in [0.1, 0.15) is 30.4 Å². The van der Waals surface area contributed by atoms with Crippen molar-refractivity contribution < 1.29 is 9.53 Å². The Balaban J connectivity index is 1.75. The summed E-state index contributed by atoms with van der Waals surface area (Å²) in [6.07, 6.45) is 8.41. The van der Waals surface area contributed by atoms with Crippen molar-refractivity contribution in [3.63, 3.8) is 0 Å². The predicted molar refractivity (Wildman–Crippen MR) is 90.9 cm³/mol. The molecule has 3 aliphatic carbocycles. The summed E-state index contributed by atoms with van der Waals surface area (Å²) in [6, 6.07) is 10.8. The van der Waals surface area contributed by atoms with Gasteiger partial charge in [-0.15, -0.1) is 0 Å². The Morgan fingerprint density at radius 1 is 1.13 bits per heavy atom. The Hall–Kier alpha value is -2.09. The van der Waals surface area contributed by atoms with E-state index in [4.69, 9.17) is 4.74 Å². The van der Waals surface area contributed by atoms with Crippen LogP contribution in [0.5, 0.6) is 5.75 Å². The lowest BCUT2D eigenvalue weighted by molar-refractivity contribution is -0.120. The van der Waals surface area contributed by atoms with Crippen LogP contribution < -0.4 is 4.74 Å². The Bertz CT molecular complexity index is 864. The third kappa shape index (κ3) is 1.78. The molecule has 0 N–H and O–H groups in total. The first-order valence-electron chi connectivity index (χ1n) is 8.49. The second kappa shape index (κ2) is 4.47. The molecular weight excluding hydrogens is 284 g/mol. The van der Waals surface area contributed by atoms with Crippen molar-refractivity contribution in [2.24, 2.45) is 11.8 Å². The number of allylic oxidation sites excluding steroid dienone is 2. The molecule has 0 aliphatic heterocycles. The average Bonchev–Trinajstić information content (AvgIpc) is 3.14. The molecule has 2 aromatic carbocycles. The summed E-state index contributed by atoms with van der Waals surface area (Å²) >= 11 is 0. The molecule has 0 amide bonds. The number of methoxy groups -OCH3 is 1. The molecule has 5 rings (SSSR count). The molecule has 0 aromatic heterocycles. The van der Waals surface area contributed by atoms with Crippen molar-refractivity contribution >= 4 is 16.6 Å². The first kappa shape index (κ1) is 13.4. The molecule has 1 fully saturated rings. The Kier molecular flexibility index (Phi) is 2.60. The van der Waals surface area contributed by atoms with Crippen LogP contribution in [-0.4, -0.2) is 12.9 Å². The molecule has 3 aliphatic rings. The average molecular weight is 304 g/mol. The van der Waals surface area contributed by atoms with Gasteiger partial charge >= 0.3 is 0 Å². The van der Waals surface area contributed by atoms with E-state index in [1.807, 2.05) is 6.07 Å². The normalized spacial score (nSPS) is 31.1. The number of benzene rings is 2. The molecule has 3 unspecified atom stereocenters. The minimum absolute atomic E-state index is 0.0569. The highest BCUT2D eigenvalue weighted by molar-refractivity contribution is 5.91. The topological polar surface area (TPSA) is 26.3 Å². The van der Waals surface area contributed by atoms with Gasteiger partial charge in [0.1, 0.15) is 11.5 Å². The van der Waals surface area contributed by atoms with Gasteiger partial charge in [-0.25, -0.2) is 0 Å². The molecule has 116 valence electrons. The summed E-state index contributed by atoms with van der Waals surface area (Å²) in [5.41, 5.74) is 2.73. The largest absolute Gasteiger partial charge is 0.497 e. The SMILES string of the molecule is COc1ccc2cc3c(cc2c1)C1(CC(=O)C3)CC2C=CC1C2. The fraction of sp³-hybridized carbons (Fsp3) is 0.381. The third-order valence-corrected chi connectivity index (χ3v) is 6.21. The van der Waals surface area contributed by atoms with E-state index in [2.05, 4.69) is 36.4 Å². The van der Waals surface area contributed by atoms with Crippen molar-refractivity contribution in [3.8, 4) is 5.75 Å². The van der Waals surface area contributed by atoms with Gasteiger partial charge in [-0.05, 0) is 58.7 Å². The minimum Gasteiger partial charge on any atom is -0.497 e. The standard InChI is InChI=1S/C21H20O2/c1-23-19-5-3-14-7-16-8-18(22)12-21(20(16)10-15(14)9-19)11-13-2-4-17(21)6-13/h2-5,7,9-10,13,17H,6,8,11-12H2,1H3. The van der Waals surface area contributed by atoms with Crippen LogP contribution >= 0.6 is 0 Å². The Morgan fingerprint density at radius 2 is 2.04 bits per heavy atom. The van der Waals surface area contributed by atoms with E-state index < -0.39 is 0 Å². The number of fused-ring (bicyclic) bond motifs is 6. The summed E-state index contributed by atoms with van der Waals surface area (Å²) in [6.45, 7) is 0. The first-order chi connectivity index (χ1) is 11.2. The van der Waals surface area contributed by atoms with Crippen LogP contribution in [0, 0.1) is 11.8 Å². The maximum Gasteiger partial charge on any atom is 0.138 e. The molecule has 2 heteroatoms. The Labute approximate surface area is 136 Å². The smallest absolute Gasteiger partial charge is 0.138 e. The van der Waals surface area contributed by atoms with Crippen LogP contribution in [0.15, 0.2) is 42.5 Å². The fourth-order valence-corrected chi connectivity index (χ4v) is 5.25. The van der Waals surface area contributed by atoms with Gasteiger partial charge in [-0.2, -0.15) is 0 Å². The number of ether oxygens (including phenoxy) is 1. The van der Waals surface area contributed by atoms with Crippen molar-refractivity contribution in [1.82, 2.24) is 0 Å². The fourth-order valence-electron chi connectivity index (χ4n) is 5.25. The molecule has 2 aromatic rings. The van der Waals surface area contributed by atoms with E-state index in [0.717, 1.165) is 18.6 Å². The molecule has 2 nitrogen and oxygen atoms in total. The van der Waals surface area contributed by atoms with Crippen molar-refractivity contribution in [2.45, 2.75) is 31.1 Å². The van der Waals surface area contributed by atoms with Crippen LogP contribution in [-0.2, 0) is 16.6 Å². The molecule has 3 atom stereocenters. The number of rotatable bonds is 1. The molecule has 2 bridgehead atoms. The summed E-state index contributed by atoms with van der Waals surface area (Å²) in [5.74, 6) is 2.51. The lowest BCUT2D eigenvalue weighted by Gasteiger charge is -2.40. The lowest BCUT2D eigenvalue weighted by Crippen LogP contribution is -2.38. The van der Waals surface area contributed by atoms with E-state index in [9.17, 15) is 4.79 Å². The zero-order chi connectivity index (χ0) is 15.6. The van der Waals surface area contributed by atoms with Gasteiger partial charge in [0.05, 0.1) is 7.11 Å². The number of hydrogen-bond donors (Lipinski definition) is 0. The molecule has 0 heterocycles. The van der Waals surface area contributed by atoms with E-state index in [-0.39, 0.29) is 5.41 Å². The number of hydrogen-bond acceptors (Lipinski definition) is 2. The van der Waals surface area contributed by atoms with Gasteiger partial charge in [-0.1, -0.05) is 30.4 Å². The van der Waals surface area contributed by atoms with Gasteiger partial charge < -0.3 is 4.74 Å². The summed E-state index contributed by atoms with van der Waals surface area (Å²) in [7, 11) is 1.71. The van der Waals surface area contributed by atoms with Crippen molar-refractivity contribution in [2.75, 3.05) is 7.11 Å². The maximum atomic E-state index is 12.5. The Morgan fingerprint density at radius 3 is 2.78 bits per heavy atom. The van der Waals surface area contributed by atoms with Crippen LogP contribution in [0.2, 0.25) is 0 Å². The van der Waals surface area contributed by atoms with Crippen LogP contribution in [0.3, 0.4) is 0 Å². The second-order valence-electron chi connectivity index (χ2n) is 7.46. The van der Waals surface area contributed by atoms with Crippen molar-refractivity contribution in [1.29, 1.82) is 0 Å². The van der Waals surface area contributed by atoms with Crippen LogP contribution in [0.4, 0.5) is 0 Å². The molecule has 1 spiro atoms. The summed E-state index contributed by atoms with van der Waals surface area (Å²) in [4.78, 5) is 12.5. The molecular formula is C21H20O2. The highest BCUT2D eigenvalue weighted by Gasteiger charge is 2.52. The zero-order valence-electron chi connectivity index (χ0n) is 13.3. The molecule has 1 saturated carbocycles. The van der Waals surface area contributed by atoms with Gasteiger partial charge in [0.25, 0.3) is 0 Å². The molecule has 23 heavy (non-hydrogen) atoms. The molecule has 0 radical (unpaired) electrons. The van der Waals surface area contributed by atoms with Crippen LogP contribution in [0.25, 0.3) is 10.8 Å². The summed E-state index contributed by atoms with van der Waals surface area (Å²) in [5, 5.41) is 2.43. The zero-order valence-corrected chi connectivity index (χ0v) is 13.3. The number of Topliss-reactive ketones (excluding diaryl/α,β-unsaturated/α-hetero) is 1. The predicted octanol–water partition coefficient (Wildman–Crippen LogP) is 4.20. The molecule has 0 saturated heterocycles. The van der Waals surface area contributed by atoms with E-state index >= 15 is 0 Å². The second-order valence-corrected chi connectivity index (χ2v) is 7.46. The van der Waals surface area contributed by atoms with Gasteiger partial charge in [-0.3, -0.25) is 4.79 Å². The number of carbonyl (C=O) groups is 1. The maximum absolute atomic E-state index is 12.5. The number of ketones is 1. The van der Waals surface area contributed by atoms with E-state index in [1.165, 1.54) is 28.3 Å². The lowest BCUT2D eigenvalue weighted by atomic mass is 9.62. The van der Waals surface area contributed by atoms with Crippen molar-refractivity contribution in [3.05, 3.63) is 53.6 Å². The summed E-state index contributed by atoms with van der Waals surface area (Å²) < 4.78 is 5.38.